The molecule has 0 atom stereocenters. The second kappa shape index (κ2) is 8.62. The number of fused-ring (bicyclic) bond motifs is 1. The van der Waals surface area contributed by atoms with Gasteiger partial charge in [0.2, 0.25) is 5.88 Å². The van der Waals surface area contributed by atoms with Crippen LogP contribution in [0.15, 0.2) is 53.0 Å². The summed E-state index contributed by atoms with van der Waals surface area (Å²) < 4.78 is 12.1. The molecule has 0 spiro atoms. The number of carbonyl (C=O) groups is 1. The maximum atomic E-state index is 13.1. The molecule has 0 radical (unpaired) electrons. The quantitative estimate of drug-likeness (QED) is 0.363. The molecular formula is C23H21N3O4. The monoisotopic (exact) mass is 403 g/mol. The first-order valence-electron chi connectivity index (χ1n) is 9.35. The van der Waals surface area contributed by atoms with Gasteiger partial charge in [0.25, 0.3) is 5.56 Å². The van der Waals surface area contributed by atoms with Crippen LogP contribution in [-0.2, 0) is 9.53 Å². The fourth-order valence-corrected chi connectivity index (χ4v) is 2.99. The number of pyridine rings is 1. The van der Waals surface area contributed by atoms with Gasteiger partial charge in [-0.25, -0.2) is 4.79 Å². The Hall–Kier alpha value is -3.92. The van der Waals surface area contributed by atoms with Gasteiger partial charge in [0.15, 0.2) is 0 Å². The minimum absolute atomic E-state index is 0.00959. The zero-order valence-electron chi connectivity index (χ0n) is 17.2. The second-order valence-corrected chi connectivity index (χ2v) is 7.02. The van der Waals surface area contributed by atoms with E-state index in [4.69, 9.17) is 4.74 Å². The molecule has 2 aromatic heterocycles. The van der Waals surface area contributed by atoms with Crippen molar-refractivity contribution in [2.24, 2.45) is 0 Å². The summed E-state index contributed by atoms with van der Waals surface area (Å²) in [5, 5.41) is 9.34. The molecule has 0 fully saturated rings. The van der Waals surface area contributed by atoms with Crippen LogP contribution >= 0.6 is 0 Å². The molecule has 0 saturated carbocycles. The Morgan fingerprint density at radius 2 is 2.03 bits per heavy atom. The summed E-state index contributed by atoms with van der Waals surface area (Å²) in [5.74, 6) is -0.107. The molecule has 0 aliphatic carbocycles. The molecule has 1 aromatic carbocycles. The summed E-state index contributed by atoms with van der Waals surface area (Å²) >= 11 is 0. The summed E-state index contributed by atoms with van der Waals surface area (Å²) in [4.78, 5) is 29.5. The van der Waals surface area contributed by atoms with Crippen molar-refractivity contribution in [1.29, 1.82) is 5.26 Å². The van der Waals surface area contributed by atoms with Crippen LogP contribution < -0.4 is 10.3 Å². The van der Waals surface area contributed by atoms with Crippen molar-refractivity contribution in [2.45, 2.75) is 26.7 Å². The van der Waals surface area contributed by atoms with Gasteiger partial charge in [-0.05, 0) is 48.2 Å². The largest absolute Gasteiger partial charge is 0.465 e. The van der Waals surface area contributed by atoms with Crippen molar-refractivity contribution >= 4 is 17.7 Å². The molecule has 0 N–H and O–H groups in total. The minimum Gasteiger partial charge on any atom is -0.465 e. The number of nitriles is 1. The van der Waals surface area contributed by atoms with E-state index >= 15 is 0 Å². The van der Waals surface area contributed by atoms with E-state index in [1.54, 1.807) is 30.5 Å². The van der Waals surface area contributed by atoms with Crippen LogP contribution in [0.2, 0.25) is 0 Å². The van der Waals surface area contributed by atoms with Gasteiger partial charge in [0.1, 0.15) is 28.6 Å². The van der Waals surface area contributed by atoms with Crippen molar-refractivity contribution in [2.75, 3.05) is 7.11 Å². The molecule has 0 aliphatic heterocycles. The van der Waals surface area contributed by atoms with Crippen molar-refractivity contribution in [3.05, 3.63) is 75.2 Å². The number of esters is 1. The number of aryl methyl sites for hydroxylation is 1. The minimum atomic E-state index is -0.848. The molecule has 0 unspecified atom stereocenters. The molecule has 7 nitrogen and oxygen atoms in total. The number of hydrogen-bond acceptors (Lipinski definition) is 6. The number of hydrogen-bond donors (Lipinski definition) is 0. The normalized spacial score (nSPS) is 11.4. The predicted octanol–water partition coefficient (Wildman–Crippen LogP) is 4.00. The molecule has 3 rings (SSSR count). The Bertz CT molecular complexity index is 1250. The van der Waals surface area contributed by atoms with Crippen LogP contribution in [0.3, 0.4) is 0 Å². The fourth-order valence-electron chi connectivity index (χ4n) is 2.99. The van der Waals surface area contributed by atoms with Gasteiger partial charge in [0, 0.05) is 6.20 Å². The predicted molar refractivity (Wildman–Crippen MR) is 112 cm³/mol. The molecule has 7 heteroatoms. The van der Waals surface area contributed by atoms with Crippen molar-refractivity contribution < 1.29 is 14.3 Å². The molecular weight excluding hydrogens is 382 g/mol. The Kier molecular flexibility index (Phi) is 5.98. The topological polar surface area (TPSA) is 93.7 Å². The Balaban J connectivity index is 2.28. The molecule has 152 valence electrons. The van der Waals surface area contributed by atoms with Gasteiger partial charge >= 0.3 is 5.97 Å². The van der Waals surface area contributed by atoms with Crippen molar-refractivity contribution in [3.63, 3.8) is 0 Å². The van der Waals surface area contributed by atoms with E-state index in [0.717, 1.165) is 24.3 Å². The summed E-state index contributed by atoms with van der Waals surface area (Å²) in [6, 6.07) is 12.7. The third-order valence-electron chi connectivity index (χ3n) is 4.55. The third kappa shape index (κ3) is 4.08. The number of nitrogens with zero attached hydrogens (tertiary/aromatic N) is 3. The summed E-state index contributed by atoms with van der Waals surface area (Å²) in [6.07, 6.45) is 2.71. The van der Waals surface area contributed by atoms with Gasteiger partial charge in [-0.3, -0.25) is 9.20 Å². The van der Waals surface area contributed by atoms with E-state index in [-0.39, 0.29) is 22.9 Å². The summed E-state index contributed by atoms with van der Waals surface area (Å²) in [6.45, 7) is 6.00. The van der Waals surface area contributed by atoms with Crippen molar-refractivity contribution in [3.8, 4) is 17.7 Å². The number of carbonyl (C=O) groups excluding carboxylic acids is 1. The maximum absolute atomic E-state index is 13.1. The van der Waals surface area contributed by atoms with Gasteiger partial charge in [-0.2, -0.15) is 10.2 Å². The van der Waals surface area contributed by atoms with E-state index in [0.29, 0.717) is 11.4 Å². The van der Waals surface area contributed by atoms with E-state index in [1.807, 2.05) is 39.0 Å². The van der Waals surface area contributed by atoms with Crippen LogP contribution in [0.25, 0.3) is 11.7 Å². The molecule has 3 aromatic rings. The van der Waals surface area contributed by atoms with E-state index < -0.39 is 11.5 Å². The second-order valence-electron chi connectivity index (χ2n) is 7.02. The Labute approximate surface area is 173 Å². The van der Waals surface area contributed by atoms with Crippen LogP contribution in [0.5, 0.6) is 11.6 Å². The molecule has 0 bridgehead atoms. The van der Waals surface area contributed by atoms with Gasteiger partial charge in [0.05, 0.1) is 7.11 Å². The highest BCUT2D eigenvalue weighted by molar-refractivity contribution is 5.98. The van der Waals surface area contributed by atoms with Gasteiger partial charge < -0.3 is 9.47 Å². The number of ether oxygens (including phenoxy) is 2. The third-order valence-corrected chi connectivity index (χ3v) is 4.55. The highest BCUT2D eigenvalue weighted by Crippen LogP contribution is 2.32. The zero-order chi connectivity index (χ0) is 21.8. The highest BCUT2D eigenvalue weighted by Gasteiger charge is 2.19. The lowest BCUT2D eigenvalue weighted by Crippen LogP contribution is -2.19. The lowest BCUT2D eigenvalue weighted by Gasteiger charge is -2.16. The average Bonchev–Trinajstić information content (AvgIpc) is 2.73. The number of aromatic nitrogens is 2. The van der Waals surface area contributed by atoms with E-state index in [1.165, 1.54) is 4.40 Å². The lowest BCUT2D eigenvalue weighted by atomic mass is 10.0. The standard InChI is InChI=1S/C23H21N3O4/c1-14(2)17-9-8-15(3)11-19(17)30-21-18(12-16(13-24)23(28)29-4)22(27)26-10-6-5-7-20(26)25-21/h5-12,14H,1-4H3/b16-12+. The first-order valence-corrected chi connectivity index (χ1v) is 9.35. The van der Waals surface area contributed by atoms with Crippen molar-refractivity contribution in [1.82, 2.24) is 9.38 Å². The first kappa shape index (κ1) is 20.8. The first-order chi connectivity index (χ1) is 14.3. The SMILES string of the molecule is COC(=O)/C(C#N)=C/c1c(Oc2cc(C)ccc2C(C)C)nc2ccccn2c1=O. The molecule has 0 aliphatic rings. The lowest BCUT2D eigenvalue weighted by molar-refractivity contribution is -0.135. The molecule has 0 saturated heterocycles. The Morgan fingerprint density at radius 3 is 2.70 bits per heavy atom. The summed E-state index contributed by atoms with van der Waals surface area (Å²) in [7, 11) is 1.16. The van der Waals surface area contributed by atoms with Crippen LogP contribution in [-0.4, -0.2) is 22.5 Å². The number of rotatable bonds is 5. The zero-order valence-corrected chi connectivity index (χ0v) is 17.2. The van der Waals surface area contributed by atoms with Crippen LogP contribution in [0, 0.1) is 18.3 Å². The number of methoxy groups -OCH3 is 1. The van der Waals surface area contributed by atoms with Gasteiger partial charge in [-0.1, -0.05) is 32.0 Å². The Morgan fingerprint density at radius 1 is 1.27 bits per heavy atom. The smallest absolute Gasteiger partial charge is 0.348 e. The molecule has 2 heterocycles. The molecule has 30 heavy (non-hydrogen) atoms. The van der Waals surface area contributed by atoms with Gasteiger partial charge in [-0.15, -0.1) is 0 Å². The molecule has 0 amide bonds. The highest BCUT2D eigenvalue weighted by atomic mass is 16.5. The van der Waals surface area contributed by atoms with E-state index in [9.17, 15) is 14.9 Å². The average molecular weight is 403 g/mol. The maximum Gasteiger partial charge on any atom is 0.348 e. The fraction of sp³-hybridized carbons (Fsp3) is 0.217. The van der Waals surface area contributed by atoms with E-state index in [2.05, 4.69) is 9.72 Å². The number of benzene rings is 1. The van der Waals surface area contributed by atoms with Crippen LogP contribution in [0.4, 0.5) is 0 Å². The van der Waals surface area contributed by atoms with Crippen LogP contribution in [0.1, 0.15) is 36.5 Å². The summed E-state index contributed by atoms with van der Waals surface area (Å²) in [5.41, 5.74) is 1.49.